The summed E-state index contributed by atoms with van der Waals surface area (Å²) >= 11 is 0. The maximum absolute atomic E-state index is 11.0. The summed E-state index contributed by atoms with van der Waals surface area (Å²) < 4.78 is 5.48. The van der Waals surface area contributed by atoms with E-state index in [0.717, 1.165) is 12.1 Å². The zero-order valence-corrected chi connectivity index (χ0v) is 11.0. The molecule has 0 bridgehead atoms. The SMILES string of the molecule is CN(C)C[C@H]1COCC[C@@]1(O)c1cccc(O)c1. The molecule has 2 N–H and O–H groups in total. The van der Waals surface area contributed by atoms with Crippen LogP contribution in [0.4, 0.5) is 0 Å². The number of aromatic hydroxyl groups is 1. The van der Waals surface area contributed by atoms with Gasteiger partial charge >= 0.3 is 0 Å². The minimum Gasteiger partial charge on any atom is -0.508 e. The second kappa shape index (κ2) is 5.26. The summed E-state index contributed by atoms with van der Waals surface area (Å²) in [6.07, 6.45) is 0.564. The molecule has 100 valence electrons. The van der Waals surface area contributed by atoms with Crippen LogP contribution < -0.4 is 0 Å². The third-order valence-corrected chi connectivity index (χ3v) is 3.55. The Bertz CT molecular complexity index is 408. The normalized spacial score (nSPS) is 28.6. The van der Waals surface area contributed by atoms with Crippen LogP contribution in [0.25, 0.3) is 0 Å². The van der Waals surface area contributed by atoms with Crippen molar-refractivity contribution in [3.63, 3.8) is 0 Å². The molecule has 1 aliphatic heterocycles. The number of aliphatic hydroxyl groups is 1. The molecule has 0 radical (unpaired) electrons. The van der Waals surface area contributed by atoms with Crippen molar-refractivity contribution in [3.8, 4) is 5.75 Å². The maximum atomic E-state index is 11.0. The van der Waals surface area contributed by atoms with E-state index in [1.54, 1.807) is 18.2 Å². The molecule has 1 heterocycles. The molecule has 2 atom stereocenters. The van der Waals surface area contributed by atoms with Crippen molar-refractivity contribution in [2.75, 3.05) is 33.9 Å². The third-order valence-electron chi connectivity index (χ3n) is 3.55. The number of benzene rings is 1. The van der Waals surface area contributed by atoms with Gasteiger partial charge in [-0.25, -0.2) is 0 Å². The summed E-state index contributed by atoms with van der Waals surface area (Å²) in [4.78, 5) is 2.05. The minimum atomic E-state index is -0.915. The lowest BCUT2D eigenvalue weighted by Gasteiger charge is -2.41. The lowest BCUT2D eigenvalue weighted by atomic mass is 9.77. The molecule has 1 saturated heterocycles. The molecular weight excluding hydrogens is 230 g/mol. The molecule has 1 aromatic rings. The van der Waals surface area contributed by atoms with E-state index < -0.39 is 5.60 Å². The highest BCUT2D eigenvalue weighted by atomic mass is 16.5. The van der Waals surface area contributed by atoms with Crippen molar-refractivity contribution in [1.29, 1.82) is 0 Å². The number of phenols is 1. The first-order chi connectivity index (χ1) is 8.52. The van der Waals surface area contributed by atoms with Crippen LogP contribution in [0.1, 0.15) is 12.0 Å². The van der Waals surface area contributed by atoms with Crippen LogP contribution in [0.2, 0.25) is 0 Å². The standard InChI is InChI=1S/C14H21NO3/c1-15(2)9-12-10-18-7-6-14(12,17)11-4-3-5-13(16)8-11/h3-5,8,12,16-17H,6-7,9-10H2,1-2H3/t12-,14+/m0/s1. The van der Waals surface area contributed by atoms with E-state index in [1.165, 1.54) is 0 Å². The predicted molar refractivity (Wildman–Crippen MR) is 69.5 cm³/mol. The average Bonchev–Trinajstić information content (AvgIpc) is 2.32. The molecule has 1 aliphatic rings. The fraction of sp³-hybridized carbons (Fsp3) is 0.571. The van der Waals surface area contributed by atoms with Crippen molar-refractivity contribution < 1.29 is 14.9 Å². The Morgan fingerprint density at radius 1 is 1.44 bits per heavy atom. The molecule has 0 saturated carbocycles. The zero-order chi connectivity index (χ0) is 13.2. The van der Waals surface area contributed by atoms with Gasteiger partial charge in [-0.15, -0.1) is 0 Å². The number of hydrogen-bond acceptors (Lipinski definition) is 4. The third kappa shape index (κ3) is 2.66. The van der Waals surface area contributed by atoms with Gasteiger partial charge in [0.15, 0.2) is 0 Å². The number of hydrogen-bond donors (Lipinski definition) is 2. The number of nitrogens with zero attached hydrogens (tertiary/aromatic N) is 1. The fourth-order valence-electron chi connectivity index (χ4n) is 2.60. The average molecular weight is 251 g/mol. The van der Waals surface area contributed by atoms with E-state index in [4.69, 9.17) is 4.74 Å². The second-order valence-corrected chi connectivity index (χ2v) is 5.26. The molecule has 1 aromatic carbocycles. The highest BCUT2D eigenvalue weighted by Gasteiger charge is 2.41. The van der Waals surface area contributed by atoms with Gasteiger partial charge in [-0.3, -0.25) is 0 Å². The van der Waals surface area contributed by atoms with Crippen LogP contribution in [0.5, 0.6) is 5.75 Å². The Balaban J connectivity index is 2.29. The summed E-state index contributed by atoms with van der Waals surface area (Å²) in [5, 5.41) is 20.5. The second-order valence-electron chi connectivity index (χ2n) is 5.26. The molecule has 0 unspecified atom stereocenters. The number of ether oxygens (including phenoxy) is 1. The van der Waals surface area contributed by atoms with Crippen LogP contribution in [0, 0.1) is 5.92 Å². The van der Waals surface area contributed by atoms with Crippen LogP contribution >= 0.6 is 0 Å². The van der Waals surface area contributed by atoms with E-state index >= 15 is 0 Å². The Hall–Kier alpha value is -1.10. The largest absolute Gasteiger partial charge is 0.508 e. The van der Waals surface area contributed by atoms with Crippen LogP contribution in [0.3, 0.4) is 0 Å². The molecule has 1 fully saturated rings. The van der Waals surface area contributed by atoms with E-state index in [-0.39, 0.29) is 11.7 Å². The van der Waals surface area contributed by atoms with Gasteiger partial charge in [0, 0.05) is 25.5 Å². The van der Waals surface area contributed by atoms with Gasteiger partial charge in [0.2, 0.25) is 0 Å². The Morgan fingerprint density at radius 3 is 2.89 bits per heavy atom. The zero-order valence-electron chi connectivity index (χ0n) is 11.0. The first-order valence-electron chi connectivity index (χ1n) is 6.27. The van der Waals surface area contributed by atoms with E-state index in [2.05, 4.69) is 0 Å². The molecule has 18 heavy (non-hydrogen) atoms. The first-order valence-corrected chi connectivity index (χ1v) is 6.27. The van der Waals surface area contributed by atoms with Gasteiger partial charge in [0.25, 0.3) is 0 Å². The highest BCUT2D eigenvalue weighted by molar-refractivity contribution is 5.32. The van der Waals surface area contributed by atoms with Crippen molar-refractivity contribution in [3.05, 3.63) is 29.8 Å². The van der Waals surface area contributed by atoms with Gasteiger partial charge in [-0.2, -0.15) is 0 Å². The van der Waals surface area contributed by atoms with Gasteiger partial charge in [0.05, 0.1) is 12.2 Å². The van der Waals surface area contributed by atoms with E-state index in [1.807, 2.05) is 25.1 Å². The lowest BCUT2D eigenvalue weighted by Crippen LogP contribution is -2.47. The van der Waals surface area contributed by atoms with Crippen LogP contribution in [-0.4, -0.2) is 49.0 Å². The molecule has 4 nitrogen and oxygen atoms in total. The molecule has 0 aliphatic carbocycles. The molecule has 0 spiro atoms. The van der Waals surface area contributed by atoms with Gasteiger partial charge in [-0.05, 0) is 31.8 Å². The number of phenolic OH excluding ortho intramolecular Hbond substituents is 1. The fourth-order valence-corrected chi connectivity index (χ4v) is 2.60. The van der Waals surface area contributed by atoms with E-state index in [0.29, 0.717) is 19.6 Å². The smallest absolute Gasteiger partial charge is 0.115 e. The summed E-state index contributed by atoms with van der Waals surface area (Å²) in [6, 6.07) is 6.90. The van der Waals surface area contributed by atoms with Crippen molar-refractivity contribution >= 4 is 0 Å². The number of rotatable bonds is 3. The predicted octanol–water partition coefficient (Wildman–Crippen LogP) is 1.18. The summed E-state index contributed by atoms with van der Waals surface area (Å²) in [6.45, 7) is 1.85. The van der Waals surface area contributed by atoms with Crippen LogP contribution in [0.15, 0.2) is 24.3 Å². The van der Waals surface area contributed by atoms with Crippen molar-refractivity contribution in [1.82, 2.24) is 4.90 Å². The quantitative estimate of drug-likeness (QED) is 0.847. The van der Waals surface area contributed by atoms with E-state index in [9.17, 15) is 10.2 Å². The van der Waals surface area contributed by atoms with Crippen LogP contribution in [-0.2, 0) is 10.3 Å². The molecule has 0 aromatic heterocycles. The minimum absolute atomic E-state index is 0.0167. The first kappa shape index (κ1) is 13.3. The molecular formula is C14H21NO3. The summed E-state index contributed by atoms with van der Waals surface area (Å²) in [5.41, 5.74) is -0.140. The molecule has 0 amide bonds. The Morgan fingerprint density at radius 2 is 2.22 bits per heavy atom. The van der Waals surface area contributed by atoms with Gasteiger partial charge in [0.1, 0.15) is 5.75 Å². The Labute approximate surface area is 108 Å². The summed E-state index contributed by atoms with van der Waals surface area (Å²) in [7, 11) is 3.97. The lowest BCUT2D eigenvalue weighted by molar-refractivity contribution is -0.123. The monoisotopic (exact) mass is 251 g/mol. The van der Waals surface area contributed by atoms with Crippen molar-refractivity contribution in [2.24, 2.45) is 5.92 Å². The highest BCUT2D eigenvalue weighted by Crippen LogP contribution is 2.37. The van der Waals surface area contributed by atoms with Gasteiger partial charge < -0.3 is 19.8 Å². The maximum Gasteiger partial charge on any atom is 0.115 e. The summed E-state index contributed by atoms with van der Waals surface area (Å²) in [5.74, 6) is 0.207. The van der Waals surface area contributed by atoms with Crippen molar-refractivity contribution in [2.45, 2.75) is 12.0 Å². The molecule has 2 rings (SSSR count). The molecule has 4 heteroatoms. The topological polar surface area (TPSA) is 52.9 Å². The Kier molecular flexibility index (Phi) is 3.90. The van der Waals surface area contributed by atoms with Gasteiger partial charge in [-0.1, -0.05) is 12.1 Å².